The normalized spacial score (nSPS) is 11.0. The number of ether oxygens (including phenoxy) is 1. The van der Waals surface area contributed by atoms with Crippen LogP contribution in [0, 0.1) is 5.82 Å². The number of methoxy groups -OCH3 is 1. The Morgan fingerprint density at radius 3 is 2.67 bits per heavy atom. The van der Waals surface area contributed by atoms with Gasteiger partial charge < -0.3 is 14.1 Å². The van der Waals surface area contributed by atoms with Crippen LogP contribution in [0.1, 0.15) is 37.3 Å². The van der Waals surface area contributed by atoms with Crippen LogP contribution in [-0.2, 0) is 17.6 Å². The zero-order valence-corrected chi connectivity index (χ0v) is 20.7. The highest BCUT2D eigenvalue weighted by atomic mass is 19.1. The second-order valence-electron chi connectivity index (χ2n) is 8.76. The first kappa shape index (κ1) is 25.2. The van der Waals surface area contributed by atoms with Gasteiger partial charge in [-0.1, -0.05) is 18.6 Å². The molecule has 1 amide bonds. The molecule has 2 aromatic carbocycles. The Morgan fingerprint density at radius 1 is 1.06 bits per heavy atom. The number of aromatic nitrogens is 3. The molecule has 0 fully saturated rings. The molecule has 0 aliphatic heterocycles. The third-order valence-corrected chi connectivity index (χ3v) is 6.10. The van der Waals surface area contributed by atoms with E-state index in [1.54, 1.807) is 24.3 Å². The lowest BCUT2D eigenvalue weighted by Gasteiger charge is -2.16. The Balaban J connectivity index is 1.14. The summed E-state index contributed by atoms with van der Waals surface area (Å²) in [6.45, 7) is 0.707. The molecule has 0 aliphatic carbocycles. The number of unbranched alkanes of at least 4 members (excludes halogenated alkanes) is 2. The van der Waals surface area contributed by atoms with Crippen LogP contribution in [0.25, 0.3) is 22.6 Å². The Labute approximate surface area is 210 Å². The van der Waals surface area contributed by atoms with Gasteiger partial charge in [0.1, 0.15) is 11.6 Å². The average Bonchev–Trinajstić information content (AvgIpc) is 3.57. The molecule has 4 aromatic rings. The van der Waals surface area contributed by atoms with Crippen molar-refractivity contribution in [1.82, 2.24) is 20.1 Å². The number of halogens is 1. The van der Waals surface area contributed by atoms with E-state index in [2.05, 4.69) is 15.2 Å². The average molecular weight is 491 g/mol. The highest BCUT2D eigenvalue weighted by Crippen LogP contribution is 2.24. The van der Waals surface area contributed by atoms with Gasteiger partial charge in [0.25, 0.3) is 0 Å². The maximum atomic E-state index is 13.4. The summed E-state index contributed by atoms with van der Waals surface area (Å²) >= 11 is 0. The van der Waals surface area contributed by atoms with E-state index in [0.717, 1.165) is 53.9 Å². The monoisotopic (exact) mass is 490 g/mol. The number of nitrogens with zero attached hydrogens (tertiary/aromatic N) is 3. The molecule has 0 spiro atoms. The summed E-state index contributed by atoms with van der Waals surface area (Å²) in [7, 11) is 3.46. The number of benzene rings is 2. The van der Waals surface area contributed by atoms with E-state index in [-0.39, 0.29) is 11.7 Å². The van der Waals surface area contributed by atoms with E-state index in [4.69, 9.17) is 9.15 Å². The molecule has 0 saturated carbocycles. The molecule has 188 valence electrons. The fraction of sp³-hybridized carbons (Fsp3) is 0.321. The summed E-state index contributed by atoms with van der Waals surface area (Å²) in [5, 5.41) is 7.32. The predicted molar refractivity (Wildman–Crippen MR) is 136 cm³/mol. The van der Waals surface area contributed by atoms with Gasteiger partial charge in [0.15, 0.2) is 11.7 Å². The van der Waals surface area contributed by atoms with E-state index in [1.807, 2.05) is 43.4 Å². The van der Waals surface area contributed by atoms with Crippen LogP contribution in [0.5, 0.6) is 5.75 Å². The molecule has 4 rings (SSSR count). The first-order valence-electron chi connectivity index (χ1n) is 12.1. The van der Waals surface area contributed by atoms with Gasteiger partial charge in [-0.25, -0.2) is 9.37 Å². The van der Waals surface area contributed by atoms with Gasteiger partial charge in [0, 0.05) is 43.3 Å². The standard InChI is InChI=1S/C28H31FN4O3/c1-33(16-5-3-4-9-23-18-25(32-31-23)21-7-6-8-22(29)17-21)28(34)15-14-27-30-19-26(36-27)20-10-12-24(35-2)13-11-20/h6-8,10-13,17-19H,3-5,9,14-16H2,1-2H3,(H,31,32). The highest BCUT2D eigenvalue weighted by molar-refractivity contribution is 5.76. The summed E-state index contributed by atoms with van der Waals surface area (Å²) in [6.07, 6.45) is 6.28. The first-order valence-corrected chi connectivity index (χ1v) is 12.1. The van der Waals surface area contributed by atoms with Crippen LogP contribution in [-0.4, -0.2) is 46.7 Å². The van der Waals surface area contributed by atoms with Crippen molar-refractivity contribution >= 4 is 5.91 Å². The Morgan fingerprint density at radius 2 is 1.89 bits per heavy atom. The number of aromatic amines is 1. The summed E-state index contributed by atoms with van der Waals surface area (Å²) in [6, 6.07) is 16.0. The molecule has 36 heavy (non-hydrogen) atoms. The van der Waals surface area contributed by atoms with Gasteiger partial charge in [-0.05, 0) is 61.7 Å². The second kappa shape index (κ2) is 12.2. The Bertz CT molecular complexity index is 1270. The van der Waals surface area contributed by atoms with Crippen molar-refractivity contribution in [1.29, 1.82) is 0 Å². The van der Waals surface area contributed by atoms with Crippen molar-refractivity contribution < 1.29 is 18.3 Å². The molecule has 0 atom stereocenters. The highest BCUT2D eigenvalue weighted by Gasteiger charge is 2.12. The molecule has 1 N–H and O–H groups in total. The topological polar surface area (TPSA) is 84.2 Å². The van der Waals surface area contributed by atoms with E-state index in [1.165, 1.54) is 12.1 Å². The smallest absolute Gasteiger partial charge is 0.222 e. The largest absolute Gasteiger partial charge is 0.497 e. The SMILES string of the molecule is COc1ccc(-c2cnc(CCC(=O)N(C)CCCCCc3cc(-c4cccc(F)c4)n[nH]3)o2)cc1. The van der Waals surface area contributed by atoms with E-state index >= 15 is 0 Å². The summed E-state index contributed by atoms with van der Waals surface area (Å²) in [4.78, 5) is 18.6. The maximum Gasteiger partial charge on any atom is 0.222 e. The predicted octanol–water partition coefficient (Wildman–Crippen LogP) is 5.68. The number of hydrogen-bond donors (Lipinski definition) is 1. The van der Waals surface area contributed by atoms with E-state index in [9.17, 15) is 9.18 Å². The first-order chi connectivity index (χ1) is 17.5. The molecule has 0 unspecified atom stereocenters. The lowest BCUT2D eigenvalue weighted by Crippen LogP contribution is -2.27. The zero-order valence-electron chi connectivity index (χ0n) is 20.7. The molecule has 8 heteroatoms. The lowest BCUT2D eigenvalue weighted by molar-refractivity contribution is -0.130. The molecular weight excluding hydrogens is 459 g/mol. The van der Waals surface area contributed by atoms with E-state index < -0.39 is 0 Å². The van der Waals surface area contributed by atoms with Crippen molar-refractivity contribution in [3.05, 3.63) is 78.2 Å². The number of aryl methyl sites for hydroxylation is 2. The van der Waals surface area contributed by atoms with Crippen LogP contribution < -0.4 is 4.74 Å². The fourth-order valence-corrected chi connectivity index (χ4v) is 3.97. The Hall–Kier alpha value is -3.94. The van der Waals surface area contributed by atoms with Crippen molar-refractivity contribution in [2.75, 3.05) is 20.7 Å². The van der Waals surface area contributed by atoms with Gasteiger partial charge in [-0.15, -0.1) is 0 Å². The Kier molecular flexibility index (Phi) is 8.49. The number of hydrogen-bond acceptors (Lipinski definition) is 5. The molecule has 0 aliphatic rings. The molecule has 2 heterocycles. The number of nitrogens with one attached hydrogen (secondary N) is 1. The zero-order chi connectivity index (χ0) is 25.3. The van der Waals surface area contributed by atoms with Gasteiger partial charge in [-0.2, -0.15) is 5.10 Å². The van der Waals surface area contributed by atoms with Gasteiger partial charge >= 0.3 is 0 Å². The van der Waals surface area contributed by atoms with Gasteiger partial charge in [0.2, 0.25) is 5.91 Å². The quantitative estimate of drug-likeness (QED) is 0.258. The molecule has 0 saturated heterocycles. The number of amides is 1. The molecule has 7 nitrogen and oxygen atoms in total. The number of oxazole rings is 1. The molecular formula is C28H31FN4O3. The molecule has 0 radical (unpaired) electrons. The minimum atomic E-state index is -0.269. The minimum Gasteiger partial charge on any atom is -0.497 e. The summed E-state index contributed by atoms with van der Waals surface area (Å²) in [5.74, 6) is 1.82. The number of carbonyl (C=O) groups excluding carboxylic acids is 1. The van der Waals surface area contributed by atoms with Crippen LogP contribution in [0.15, 0.2) is 65.2 Å². The third kappa shape index (κ3) is 6.81. The summed E-state index contributed by atoms with van der Waals surface area (Å²) in [5.41, 5.74) is 3.45. The molecule has 0 bridgehead atoms. The number of H-pyrrole nitrogens is 1. The van der Waals surface area contributed by atoms with Crippen molar-refractivity contribution in [2.24, 2.45) is 0 Å². The van der Waals surface area contributed by atoms with Crippen molar-refractivity contribution in [3.63, 3.8) is 0 Å². The minimum absolute atomic E-state index is 0.0764. The van der Waals surface area contributed by atoms with Crippen molar-refractivity contribution in [2.45, 2.75) is 38.5 Å². The second-order valence-corrected chi connectivity index (χ2v) is 8.76. The summed E-state index contributed by atoms with van der Waals surface area (Å²) < 4.78 is 24.4. The number of rotatable bonds is 12. The molecule has 2 aromatic heterocycles. The van der Waals surface area contributed by atoms with E-state index in [0.29, 0.717) is 31.0 Å². The lowest BCUT2D eigenvalue weighted by atomic mass is 10.1. The third-order valence-electron chi connectivity index (χ3n) is 6.10. The fourth-order valence-electron chi connectivity index (χ4n) is 3.97. The van der Waals surface area contributed by atoms with Crippen LogP contribution in [0.4, 0.5) is 4.39 Å². The maximum absolute atomic E-state index is 13.4. The van der Waals surface area contributed by atoms with Crippen molar-refractivity contribution in [3.8, 4) is 28.3 Å². The van der Waals surface area contributed by atoms with Gasteiger partial charge in [0.05, 0.1) is 19.0 Å². The van der Waals surface area contributed by atoms with Gasteiger partial charge in [-0.3, -0.25) is 9.89 Å². The van der Waals surface area contributed by atoms with Crippen LogP contribution >= 0.6 is 0 Å². The van der Waals surface area contributed by atoms with Crippen LogP contribution in [0.2, 0.25) is 0 Å². The van der Waals surface area contributed by atoms with Crippen LogP contribution in [0.3, 0.4) is 0 Å². The number of carbonyl (C=O) groups is 1.